The molecule has 0 saturated carbocycles. The second kappa shape index (κ2) is 10.6. The Morgan fingerprint density at radius 1 is 0.905 bits per heavy atom. The minimum atomic E-state index is -0.493. The number of methoxy groups -OCH3 is 1. The minimum absolute atomic E-state index is 0.220. The van der Waals surface area contributed by atoms with Gasteiger partial charge >= 0.3 is 5.97 Å². The highest BCUT2D eigenvalue weighted by molar-refractivity contribution is 5.88. The molecule has 7 rings (SSSR count). The average molecular weight is 557 g/mol. The number of aromatic amines is 1. The molecule has 1 aliphatic rings. The highest BCUT2D eigenvalue weighted by atomic mass is 16.5. The first-order chi connectivity index (χ1) is 20.5. The van der Waals surface area contributed by atoms with Crippen molar-refractivity contribution in [2.45, 2.75) is 19.4 Å². The summed E-state index contributed by atoms with van der Waals surface area (Å²) in [6.45, 7) is 4.61. The van der Waals surface area contributed by atoms with Gasteiger partial charge in [0.15, 0.2) is 17.3 Å². The summed E-state index contributed by atoms with van der Waals surface area (Å²) in [5.41, 5.74) is 6.95. The van der Waals surface area contributed by atoms with Crippen LogP contribution in [0.1, 0.15) is 33.5 Å². The first-order valence-corrected chi connectivity index (χ1v) is 13.8. The Kier molecular flexibility index (Phi) is 6.52. The van der Waals surface area contributed by atoms with E-state index in [-0.39, 0.29) is 5.69 Å². The molecule has 0 radical (unpaired) electrons. The number of nitrogens with zero attached hydrogens (tertiary/aromatic N) is 7. The number of benzene rings is 2. The number of imidazole rings is 1. The molecule has 0 bridgehead atoms. The number of nitrogens with one attached hydrogen (secondary N) is 1. The maximum absolute atomic E-state index is 12.1. The van der Waals surface area contributed by atoms with E-state index in [1.807, 2.05) is 61.7 Å². The van der Waals surface area contributed by atoms with Gasteiger partial charge in [-0.1, -0.05) is 60.7 Å². The Bertz CT molecular complexity index is 1890. The molecular formula is C32H28N8O2. The molecule has 4 aromatic heterocycles. The number of carbonyl (C=O) groups is 1. The van der Waals surface area contributed by atoms with Crippen molar-refractivity contribution >= 4 is 11.7 Å². The predicted octanol–water partition coefficient (Wildman–Crippen LogP) is 4.94. The molecule has 6 aromatic rings. The minimum Gasteiger partial charge on any atom is -0.464 e. The van der Waals surface area contributed by atoms with Crippen molar-refractivity contribution in [3.05, 3.63) is 108 Å². The maximum Gasteiger partial charge on any atom is 0.358 e. The van der Waals surface area contributed by atoms with Crippen LogP contribution in [-0.2, 0) is 11.3 Å². The summed E-state index contributed by atoms with van der Waals surface area (Å²) in [5, 5.41) is 7.50. The van der Waals surface area contributed by atoms with E-state index in [4.69, 9.17) is 14.7 Å². The third kappa shape index (κ3) is 4.92. The van der Waals surface area contributed by atoms with Crippen LogP contribution in [0.2, 0.25) is 0 Å². The first-order valence-electron chi connectivity index (χ1n) is 13.8. The fraction of sp³-hybridized carbons (Fsp3) is 0.188. The molecule has 0 spiro atoms. The number of esters is 1. The van der Waals surface area contributed by atoms with Crippen molar-refractivity contribution in [1.29, 1.82) is 0 Å². The zero-order chi connectivity index (χ0) is 28.6. The van der Waals surface area contributed by atoms with Gasteiger partial charge in [0, 0.05) is 54.8 Å². The van der Waals surface area contributed by atoms with Crippen LogP contribution in [0.3, 0.4) is 0 Å². The summed E-state index contributed by atoms with van der Waals surface area (Å²) in [7, 11) is 1.34. The van der Waals surface area contributed by atoms with Crippen LogP contribution in [0, 0.1) is 6.92 Å². The molecule has 2 aromatic carbocycles. The number of hydrogen-bond acceptors (Lipinski definition) is 8. The molecule has 0 atom stereocenters. The number of aryl methyl sites for hydroxylation is 1. The third-order valence-corrected chi connectivity index (χ3v) is 7.52. The number of hydrogen-bond donors (Lipinski definition) is 1. The maximum atomic E-state index is 12.1. The largest absolute Gasteiger partial charge is 0.464 e. The summed E-state index contributed by atoms with van der Waals surface area (Å²) >= 11 is 0. The molecule has 0 unspecified atom stereocenters. The predicted molar refractivity (Wildman–Crippen MR) is 158 cm³/mol. The molecule has 10 heteroatoms. The third-order valence-electron chi connectivity index (χ3n) is 7.52. The highest BCUT2D eigenvalue weighted by Gasteiger charge is 2.31. The summed E-state index contributed by atoms with van der Waals surface area (Å²) in [6.07, 6.45) is 3.61. The Hall–Kier alpha value is -5.22. The van der Waals surface area contributed by atoms with Gasteiger partial charge in [-0.3, -0.25) is 14.4 Å². The number of fused-ring (bicyclic) bond motifs is 1. The molecule has 1 saturated heterocycles. The van der Waals surface area contributed by atoms with Crippen LogP contribution in [0.4, 0.5) is 0 Å². The van der Waals surface area contributed by atoms with Crippen molar-refractivity contribution < 1.29 is 9.53 Å². The number of likely N-dealkylation sites (tertiary alicyclic amines) is 1. The lowest BCUT2D eigenvalue weighted by Gasteiger charge is -2.37. The molecule has 10 nitrogen and oxygen atoms in total. The number of pyridine rings is 1. The van der Waals surface area contributed by atoms with Crippen molar-refractivity contribution in [2.75, 3.05) is 20.2 Å². The van der Waals surface area contributed by atoms with E-state index in [2.05, 4.69) is 49.3 Å². The van der Waals surface area contributed by atoms with E-state index < -0.39 is 5.97 Å². The van der Waals surface area contributed by atoms with Gasteiger partial charge in [-0.05, 0) is 30.2 Å². The number of carbonyl (C=O) groups excluding carboxylic acids is 1. The van der Waals surface area contributed by atoms with Crippen LogP contribution in [0.25, 0.3) is 39.7 Å². The number of ether oxygens (including phenoxy) is 1. The normalized spacial score (nSPS) is 13.8. The number of rotatable bonds is 7. The van der Waals surface area contributed by atoms with Gasteiger partial charge in [0.1, 0.15) is 5.69 Å². The van der Waals surface area contributed by atoms with Gasteiger partial charge in [0.25, 0.3) is 0 Å². The van der Waals surface area contributed by atoms with E-state index in [0.717, 1.165) is 59.2 Å². The second-order valence-electron chi connectivity index (χ2n) is 10.5. The monoisotopic (exact) mass is 556 g/mol. The van der Waals surface area contributed by atoms with Gasteiger partial charge < -0.3 is 4.74 Å². The molecule has 0 amide bonds. The number of H-pyrrole nitrogens is 1. The lowest BCUT2D eigenvalue weighted by molar-refractivity contribution is 0.0594. The Labute approximate surface area is 242 Å². The molecule has 0 aliphatic carbocycles. The number of aromatic nitrogens is 7. The van der Waals surface area contributed by atoms with Gasteiger partial charge in [0.05, 0.1) is 12.8 Å². The molecule has 1 aliphatic heterocycles. The van der Waals surface area contributed by atoms with Crippen LogP contribution >= 0.6 is 0 Å². The Morgan fingerprint density at radius 2 is 1.71 bits per heavy atom. The van der Waals surface area contributed by atoms with Gasteiger partial charge in [-0.25, -0.2) is 24.7 Å². The van der Waals surface area contributed by atoms with Crippen LogP contribution < -0.4 is 0 Å². The SMILES string of the molecule is COC(=O)c1cn2cc(-c3ccccc3)c(-c3ccc(CN4CC(c5n[nH]c(-c6cccc(C)n6)n5)C4)cc3)nc2n1. The van der Waals surface area contributed by atoms with Gasteiger partial charge in [0.2, 0.25) is 5.78 Å². The topological polar surface area (TPSA) is 114 Å². The van der Waals surface area contributed by atoms with E-state index in [1.54, 1.807) is 10.6 Å². The summed E-state index contributed by atoms with van der Waals surface area (Å²) in [6, 6.07) is 24.4. The fourth-order valence-electron chi connectivity index (χ4n) is 5.31. The second-order valence-corrected chi connectivity index (χ2v) is 10.5. The standard InChI is InChI=1S/C32H28N8O2/c1-20-7-6-10-26(33-20)30-36-29(37-38-30)24-16-39(17-24)15-21-11-13-23(14-12-21)28-25(22-8-4-3-5-9-22)18-40-19-27(31(41)42-2)34-32(40)35-28/h3-14,18-19,24H,15-17H2,1-2H3,(H,36,37,38). The zero-order valence-electron chi connectivity index (χ0n) is 23.2. The summed E-state index contributed by atoms with van der Waals surface area (Å²) in [4.78, 5) is 33.0. The average Bonchev–Trinajstić information content (AvgIpc) is 3.66. The molecular weight excluding hydrogens is 528 g/mol. The van der Waals surface area contributed by atoms with E-state index in [0.29, 0.717) is 17.5 Å². The lowest BCUT2D eigenvalue weighted by Crippen LogP contribution is -2.44. The van der Waals surface area contributed by atoms with Gasteiger partial charge in [-0.15, -0.1) is 0 Å². The van der Waals surface area contributed by atoms with Crippen molar-refractivity contribution in [3.8, 4) is 33.9 Å². The smallest absolute Gasteiger partial charge is 0.358 e. The van der Waals surface area contributed by atoms with Crippen LogP contribution in [0.15, 0.2) is 85.2 Å². The quantitative estimate of drug-likeness (QED) is 0.275. The van der Waals surface area contributed by atoms with Crippen molar-refractivity contribution in [1.82, 2.24) is 39.4 Å². The zero-order valence-corrected chi connectivity index (χ0v) is 23.2. The van der Waals surface area contributed by atoms with Gasteiger partial charge in [-0.2, -0.15) is 5.10 Å². The van der Waals surface area contributed by atoms with E-state index in [9.17, 15) is 4.79 Å². The molecule has 5 heterocycles. The van der Waals surface area contributed by atoms with Crippen LogP contribution in [0.5, 0.6) is 0 Å². The fourth-order valence-corrected chi connectivity index (χ4v) is 5.31. The van der Waals surface area contributed by atoms with E-state index >= 15 is 0 Å². The highest BCUT2D eigenvalue weighted by Crippen LogP contribution is 2.32. The summed E-state index contributed by atoms with van der Waals surface area (Å²) < 4.78 is 6.62. The first kappa shape index (κ1) is 25.7. The lowest BCUT2D eigenvalue weighted by atomic mass is 9.97. The summed E-state index contributed by atoms with van der Waals surface area (Å²) in [5.74, 6) is 1.79. The van der Waals surface area contributed by atoms with Crippen LogP contribution in [-0.4, -0.2) is 65.6 Å². The Morgan fingerprint density at radius 3 is 2.48 bits per heavy atom. The van der Waals surface area contributed by atoms with E-state index in [1.165, 1.54) is 12.7 Å². The van der Waals surface area contributed by atoms with Crippen molar-refractivity contribution in [3.63, 3.8) is 0 Å². The molecule has 208 valence electrons. The Balaban J connectivity index is 1.08. The van der Waals surface area contributed by atoms with Crippen molar-refractivity contribution in [2.24, 2.45) is 0 Å². The molecule has 1 N–H and O–H groups in total. The molecule has 42 heavy (non-hydrogen) atoms. The molecule has 1 fully saturated rings.